The summed E-state index contributed by atoms with van der Waals surface area (Å²) in [5.41, 5.74) is 1.33. The topological polar surface area (TPSA) is 149 Å². The number of urea groups is 1. The van der Waals surface area contributed by atoms with Crippen LogP contribution in [-0.4, -0.2) is 73.2 Å². The average Bonchev–Trinajstić information content (AvgIpc) is 3.41. The summed E-state index contributed by atoms with van der Waals surface area (Å²) < 4.78 is 22.9. The lowest BCUT2D eigenvalue weighted by Crippen LogP contribution is -2.43. The molecule has 3 heterocycles. The van der Waals surface area contributed by atoms with Crippen LogP contribution in [0.5, 0.6) is 11.5 Å². The Balaban J connectivity index is 1.15. The number of aromatic nitrogens is 1. The zero-order valence-electron chi connectivity index (χ0n) is 24.9. The van der Waals surface area contributed by atoms with Crippen molar-refractivity contribution in [2.45, 2.75) is 76.7 Å². The van der Waals surface area contributed by atoms with E-state index in [0.717, 1.165) is 25.7 Å². The number of ether oxygens (including phenoxy) is 4. The Morgan fingerprint density at radius 1 is 1.02 bits per heavy atom. The molecular formula is C31H41N5O7. The molecule has 4 N–H and O–H groups in total. The number of benzene rings is 1. The minimum atomic E-state index is -0.564. The Hall–Kier alpha value is -4.06. The fourth-order valence-electron chi connectivity index (χ4n) is 5.48. The highest BCUT2D eigenvalue weighted by molar-refractivity contribution is 5.90. The Morgan fingerprint density at radius 3 is 2.56 bits per heavy atom. The number of carbonyl (C=O) groups excluding carboxylic acids is 3. The van der Waals surface area contributed by atoms with Gasteiger partial charge in [-0.15, -0.1) is 0 Å². The van der Waals surface area contributed by atoms with E-state index in [1.807, 2.05) is 39.0 Å². The lowest BCUT2D eigenvalue weighted by molar-refractivity contribution is -0.128. The summed E-state index contributed by atoms with van der Waals surface area (Å²) >= 11 is 0. The fourth-order valence-corrected chi connectivity index (χ4v) is 5.48. The highest BCUT2D eigenvalue weighted by atomic mass is 16.6. The molecule has 3 atom stereocenters. The van der Waals surface area contributed by atoms with E-state index in [1.165, 1.54) is 0 Å². The molecule has 2 aromatic rings. The van der Waals surface area contributed by atoms with E-state index in [1.54, 1.807) is 18.3 Å². The predicted molar refractivity (Wildman–Crippen MR) is 159 cm³/mol. The van der Waals surface area contributed by atoms with Gasteiger partial charge in [-0.1, -0.05) is 6.07 Å². The van der Waals surface area contributed by atoms with Crippen LogP contribution in [0.15, 0.2) is 36.5 Å². The molecule has 1 aliphatic carbocycles. The van der Waals surface area contributed by atoms with Crippen molar-refractivity contribution >= 4 is 23.7 Å². The van der Waals surface area contributed by atoms with E-state index >= 15 is 0 Å². The summed E-state index contributed by atoms with van der Waals surface area (Å²) in [4.78, 5) is 42.0. The van der Waals surface area contributed by atoms with Crippen molar-refractivity contribution in [2.75, 3.05) is 31.7 Å². The van der Waals surface area contributed by atoms with Crippen molar-refractivity contribution in [1.29, 1.82) is 0 Å². The minimum Gasteiger partial charge on any atom is -0.486 e. The summed E-state index contributed by atoms with van der Waals surface area (Å²) in [7, 11) is 0. The minimum absolute atomic E-state index is 0.0112. The number of nitrogens with one attached hydrogen (secondary N) is 4. The zero-order valence-corrected chi connectivity index (χ0v) is 24.9. The monoisotopic (exact) mass is 595 g/mol. The Kier molecular flexibility index (Phi) is 9.54. The molecule has 12 heteroatoms. The molecule has 2 fully saturated rings. The Labute approximate surface area is 251 Å². The van der Waals surface area contributed by atoms with E-state index < -0.39 is 11.7 Å². The first-order chi connectivity index (χ1) is 20.6. The second-order valence-electron chi connectivity index (χ2n) is 12.2. The molecule has 1 aromatic carbocycles. The number of fused-ring (bicyclic) bond motifs is 1. The average molecular weight is 596 g/mol. The van der Waals surface area contributed by atoms with Gasteiger partial charge in [-0.3, -0.25) is 9.78 Å². The van der Waals surface area contributed by atoms with Gasteiger partial charge in [-0.25, -0.2) is 9.59 Å². The van der Waals surface area contributed by atoms with E-state index in [4.69, 9.17) is 18.9 Å². The van der Waals surface area contributed by atoms with Crippen LogP contribution >= 0.6 is 0 Å². The number of alkyl carbamates (subject to hydrolysis) is 1. The normalized spacial score (nSPS) is 21.9. The van der Waals surface area contributed by atoms with Crippen LogP contribution in [-0.2, 0) is 14.3 Å². The van der Waals surface area contributed by atoms with Gasteiger partial charge in [0, 0.05) is 48.7 Å². The van der Waals surface area contributed by atoms with Crippen LogP contribution in [0.25, 0.3) is 11.3 Å². The van der Waals surface area contributed by atoms with E-state index in [9.17, 15) is 14.4 Å². The molecule has 3 aliphatic rings. The first kappa shape index (κ1) is 30.4. The van der Waals surface area contributed by atoms with Crippen LogP contribution in [0.2, 0.25) is 0 Å². The number of rotatable bonds is 7. The molecule has 1 saturated heterocycles. The van der Waals surface area contributed by atoms with E-state index in [2.05, 4.69) is 26.3 Å². The van der Waals surface area contributed by atoms with Crippen molar-refractivity contribution in [3.8, 4) is 22.8 Å². The maximum Gasteiger partial charge on any atom is 0.407 e. The summed E-state index contributed by atoms with van der Waals surface area (Å²) in [6.45, 7) is 7.32. The quantitative estimate of drug-likeness (QED) is 0.375. The number of hydrogen-bond donors (Lipinski definition) is 4. The van der Waals surface area contributed by atoms with Gasteiger partial charge < -0.3 is 40.2 Å². The van der Waals surface area contributed by atoms with Crippen molar-refractivity contribution in [3.63, 3.8) is 0 Å². The first-order valence-corrected chi connectivity index (χ1v) is 14.9. The third kappa shape index (κ3) is 8.50. The summed E-state index contributed by atoms with van der Waals surface area (Å²) in [6.07, 6.45) is 4.39. The van der Waals surface area contributed by atoms with Crippen molar-refractivity contribution in [1.82, 2.24) is 20.9 Å². The lowest BCUT2D eigenvalue weighted by atomic mass is 9.99. The molecule has 4 amide bonds. The van der Waals surface area contributed by atoms with Gasteiger partial charge in [0.25, 0.3) is 0 Å². The van der Waals surface area contributed by atoms with Gasteiger partial charge in [0.05, 0.1) is 12.2 Å². The van der Waals surface area contributed by atoms with Gasteiger partial charge >= 0.3 is 12.1 Å². The van der Waals surface area contributed by atoms with Crippen molar-refractivity contribution in [3.05, 3.63) is 36.5 Å². The summed E-state index contributed by atoms with van der Waals surface area (Å²) in [5.74, 6) is 1.11. The number of para-hydroxylation sites is 1. The molecule has 232 valence electrons. The van der Waals surface area contributed by atoms with Crippen LogP contribution < -0.4 is 30.7 Å². The maximum absolute atomic E-state index is 12.8. The number of hydrogen-bond acceptors (Lipinski definition) is 8. The molecule has 0 bridgehead atoms. The lowest BCUT2D eigenvalue weighted by Gasteiger charge is -2.29. The van der Waals surface area contributed by atoms with Crippen LogP contribution in [0.1, 0.15) is 52.9 Å². The number of nitrogens with zero attached hydrogens (tertiary/aromatic N) is 1. The molecular weight excluding hydrogens is 554 g/mol. The Bertz CT molecular complexity index is 1310. The second-order valence-corrected chi connectivity index (χ2v) is 12.2. The Morgan fingerprint density at radius 2 is 1.79 bits per heavy atom. The van der Waals surface area contributed by atoms with Crippen molar-refractivity contribution < 1.29 is 33.3 Å². The fraction of sp³-hybridized carbons (Fsp3) is 0.548. The van der Waals surface area contributed by atoms with E-state index in [-0.39, 0.29) is 36.0 Å². The smallest absolute Gasteiger partial charge is 0.407 e. The summed E-state index contributed by atoms with van der Waals surface area (Å²) in [6, 6.07) is 8.60. The van der Waals surface area contributed by atoms with Gasteiger partial charge in [-0.05, 0) is 77.1 Å². The molecule has 1 aromatic heterocycles. The largest absolute Gasteiger partial charge is 0.486 e. The van der Waals surface area contributed by atoms with Gasteiger partial charge in [0.1, 0.15) is 18.3 Å². The molecule has 43 heavy (non-hydrogen) atoms. The molecule has 2 unspecified atom stereocenters. The van der Waals surface area contributed by atoms with Crippen molar-refractivity contribution in [2.24, 2.45) is 5.92 Å². The predicted octanol–water partition coefficient (Wildman–Crippen LogP) is 4.00. The standard InChI is InChI=1S/C31H41N5O7/c1-31(2,3)43-30(39)36-21-8-7-20(15-21)34-29(38)35-22-9-12-32-25(16-22)24-5-4-6-26-27(24)42-23(18-41-26)17-33-28(37)19-10-13-40-14-11-19/h4-6,9,12,16,19-21,23H,7-8,10-11,13-15,17-18H2,1-3H3,(H,33,37)(H,36,39)(H2,32,34,35,38)/t20-,21?,23?/m1/s1. The zero-order chi connectivity index (χ0) is 30.4. The molecule has 2 aliphatic heterocycles. The number of anilines is 1. The molecule has 0 radical (unpaired) electrons. The highest BCUT2D eigenvalue weighted by Gasteiger charge is 2.30. The molecule has 12 nitrogen and oxygen atoms in total. The summed E-state index contributed by atoms with van der Waals surface area (Å²) in [5, 5.41) is 11.8. The van der Waals surface area contributed by atoms with Crippen LogP contribution in [0.4, 0.5) is 15.3 Å². The third-order valence-electron chi connectivity index (χ3n) is 7.57. The number of amides is 4. The third-order valence-corrected chi connectivity index (χ3v) is 7.57. The van der Waals surface area contributed by atoms with E-state index in [0.29, 0.717) is 61.2 Å². The van der Waals surface area contributed by atoms with Gasteiger partial charge in [-0.2, -0.15) is 0 Å². The maximum atomic E-state index is 12.8. The van der Waals surface area contributed by atoms with Gasteiger partial charge in [0.2, 0.25) is 5.91 Å². The van der Waals surface area contributed by atoms with Crippen LogP contribution in [0.3, 0.4) is 0 Å². The first-order valence-electron chi connectivity index (χ1n) is 14.9. The SMILES string of the molecule is CC(C)(C)OC(=O)NC1CC[C@@H](NC(=O)Nc2ccnc(-c3cccc4c3OC(CNC(=O)C3CCOCC3)CO4)c2)C1. The number of pyridine rings is 1. The van der Waals surface area contributed by atoms with Gasteiger partial charge in [0.15, 0.2) is 11.5 Å². The molecule has 5 rings (SSSR count). The number of carbonyl (C=O) groups is 3. The highest BCUT2D eigenvalue weighted by Crippen LogP contribution is 2.40. The molecule has 1 saturated carbocycles. The van der Waals surface area contributed by atoms with Crippen LogP contribution in [0, 0.1) is 5.92 Å². The molecule has 0 spiro atoms. The second kappa shape index (κ2) is 13.5.